The van der Waals surface area contributed by atoms with Gasteiger partial charge in [0.25, 0.3) is 0 Å². The molecule has 12 aromatic rings. The predicted octanol–water partition coefficient (Wildman–Crippen LogP) is 13.6. The number of carboxylic acid groups (broad SMARTS) is 2. The van der Waals surface area contributed by atoms with Gasteiger partial charge in [-0.15, -0.1) is 59.5 Å². The van der Waals surface area contributed by atoms with Gasteiger partial charge in [-0.1, -0.05) is 136 Å². The number of hydrogen-bond acceptors (Lipinski definition) is 24. The Morgan fingerprint density at radius 2 is 0.752 bits per heavy atom. The van der Waals surface area contributed by atoms with Crippen LogP contribution in [0.1, 0.15) is 121 Å². The van der Waals surface area contributed by atoms with Crippen LogP contribution in [-0.4, -0.2) is 154 Å². The van der Waals surface area contributed by atoms with Crippen LogP contribution in [0.5, 0.6) is 0 Å². The molecule has 0 bridgehead atoms. The van der Waals surface area contributed by atoms with Crippen molar-refractivity contribution < 1.29 is 103 Å². The third-order valence-corrected chi connectivity index (χ3v) is 28.2. The number of thioether (sulfide) groups is 4. The number of nitrogens with two attached hydrogens (primary N) is 1. The molecule has 0 amide bonds. The fourth-order valence-corrected chi connectivity index (χ4v) is 21.8. The first kappa shape index (κ1) is 110. The Morgan fingerprint density at radius 1 is 0.465 bits per heavy atom. The van der Waals surface area contributed by atoms with Gasteiger partial charge in [-0.05, 0) is 214 Å². The number of aromatic nitrogens is 8. The van der Waals surface area contributed by atoms with Crippen molar-refractivity contribution in [2.75, 3.05) is 72.4 Å². The van der Waals surface area contributed by atoms with Gasteiger partial charge < -0.3 is 69.1 Å². The van der Waals surface area contributed by atoms with Crippen LogP contribution in [0.3, 0.4) is 0 Å². The van der Waals surface area contributed by atoms with Gasteiger partial charge in [-0.3, -0.25) is 33.6 Å². The first-order chi connectivity index (χ1) is 59.1. The van der Waals surface area contributed by atoms with E-state index in [0.717, 1.165) is 49.2 Å². The Balaban J connectivity index is 0.000000226. The van der Waals surface area contributed by atoms with Crippen LogP contribution in [0.15, 0.2) is 136 Å². The van der Waals surface area contributed by atoms with Crippen molar-refractivity contribution in [2.24, 2.45) is 27.4 Å². The smallest absolute Gasteiger partial charge is 0.870 e. The third kappa shape index (κ3) is 24.6. The summed E-state index contributed by atoms with van der Waals surface area (Å²) in [5.74, 6) is -0.944. The van der Waals surface area contributed by atoms with Crippen molar-refractivity contribution >= 4 is 269 Å². The quantitative estimate of drug-likeness (QED) is 0.0121. The number of nitrogens with one attached hydrogen (secondary N) is 1. The van der Waals surface area contributed by atoms with Crippen LogP contribution >= 0.6 is 140 Å². The number of nitrogens with zero attached hydrogens (tertiary/aromatic N) is 10. The van der Waals surface area contributed by atoms with Gasteiger partial charge in [0.1, 0.15) is 64.8 Å². The van der Waals surface area contributed by atoms with Crippen molar-refractivity contribution in [1.82, 2.24) is 38.2 Å². The normalized spacial score (nSPS) is 15.1. The average molecular weight is 2090 g/mol. The summed E-state index contributed by atoms with van der Waals surface area (Å²) in [6.07, 6.45) is 16.2. The van der Waals surface area contributed by atoms with Gasteiger partial charge in [0, 0.05) is 59.8 Å². The monoisotopic (exact) mass is 2080 g/mol. The molecule has 4 fully saturated rings. The molecular formula is C91H105Cl6IN12Na2O13S4. The van der Waals surface area contributed by atoms with E-state index in [0.29, 0.717) is 180 Å². The molecule has 0 aliphatic heterocycles. The zero-order valence-electron chi connectivity index (χ0n) is 75.7. The average Bonchev–Trinajstić information content (AvgIpc) is 0.743. The van der Waals surface area contributed by atoms with E-state index < -0.39 is 24.5 Å². The fraction of sp³-hybridized carbons (Fsp3) is 0.429. The molecular weight excluding hydrogens is 1980 g/mol. The second kappa shape index (κ2) is 46.3. The molecule has 0 atom stereocenters. The van der Waals surface area contributed by atoms with Gasteiger partial charge in [0.15, 0.2) is 21.7 Å². The second-order valence-corrected chi connectivity index (χ2v) is 39.8. The standard InChI is InChI=1S/C23H26ClN3O3S.2C22H24ClN3O3S.C17H14Cl2N2O3S.C6H13N.CH3I.ClH.2Na.H2O/c1-5-30-18(28)12-27-19-14(6-8-16(24)21(19)31-4)20(29)15-7-9-17(26-22(15)27)25-13-10-23(2,3)11-13;2*1-22(2)9-12(10-22)25(3)16-8-6-14-19(29)13-5-7-15(23)20(30-4)18(13)26(11-17(27)28)21(14)24-16;1-3-24-13(22)8-21-14-9(4-6-11(18)16(14)25-2)15(23)10-5-7-12(19)20-17(10)21;1-6(2)3-5(7)4-6;1-2;;;;/h6-9,13H,5,10-12H2,1-4H3,(H,25,26);2*5-8,12H,9-11H2,1-4H3,(H,27,28);4-7H,3,8H2,1-2H3;5H,3-4,7H2,1-2H3;1H3;1H;;;1H2/q;;;;;;;2*+1;/p-2. The number of anilines is 3. The molecule has 4 aliphatic carbocycles. The molecule has 38 heteroatoms. The maximum atomic E-state index is 13.3. The third-order valence-electron chi connectivity index (χ3n) is 23.0. The minimum absolute atomic E-state index is 0. The van der Waals surface area contributed by atoms with Crippen molar-refractivity contribution in [3.05, 3.63) is 163 Å². The van der Waals surface area contributed by atoms with Crippen LogP contribution in [0, 0.1) is 21.7 Å². The molecule has 129 heavy (non-hydrogen) atoms. The summed E-state index contributed by atoms with van der Waals surface area (Å²) in [5.41, 5.74) is 10.1. The topological polar surface area (TPSA) is 344 Å². The van der Waals surface area contributed by atoms with Crippen molar-refractivity contribution in [1.29, 1.82) is 0 Å². The number of carbonyl (C=O) groups is 4. The predicted molar refractivity (Wildman–Crippen MR) is 533 cm³/mol. The summed E-state index contributed by atoms with van der Waals surface area (Å²) in [6.45, 7) is 21.2. The number of rotatable bonds is 20. The summed E-state index contributed by atoms with van der Waals surface area (Å²) in [5, 5.41) is 30.3. The Bertz CT molecular complexity index is 6290. The number of carboxylic acids is 2. The molecule has 682 valence electrons. The number of alkyl halides is 1. The Kier molecular flexibility index (Phi) is 39.7. The molecule has 0 spiro atoms. The van der Waals surface area contributed by atoms with E-state index in [-0.39, 0.29) is 143 Å². The van der Waals surface area contributed by atoms with Gasteiger partial charge in [0.2, 0.25) is 0 Å². The summed E-state index contributed by atoms with van der Waals surface area (Å²) in [4.78, 5) is 128. The molecule has 0 radical (unpaired) electrons. The first-order valence-corrected chi connectivity index (χ1v) is 49.5. The van der Waals surface area contributed by atoms with E-state index >= 15 is 0 Å². The summed E-state index contributed by atoms with van der Waals surface area (Å²) in [6, 6.07) is 29.0. The molecule has 8 heterocycles. The van der Waals surface area contributed by atoms with Gasteiger partial charge in [-0.2, -0.15) is 0 Å². The maximum absolute atomic E-state index is 13.3. The Labute approximate surface area is 855 Å². The minimum atomic E-state index is -1.26. The molecule has 4 aliphatic rings. The van der Waals surface area contributed by atoms with E-state index in [1.165, 1.54) is 59.9 Å². The van der Waals surface area contributed by atoms with Gasteiger partial charge in [-0.25, -0.2) is 19.9 Å². The largest absolute Gasteiger partial charge is 1.00 e. The van der Waals surface area contributed by atoms with Gasteiger partial charge >= 0.3 is 77.0 Å². The molecule has 4 aromatic carbocycles. The first-order valence-electron chi connectivity index (χ1n) is 40.6. The summed E-state index contributed by atoms with van der Waals surface area (Å²) in [7, 11) is 3.99. The van der Waals surface area contributed by atoms with Gasteiger partial charge in [0.05, 0.1) is 109 Å². The Morgan fingerprint density at radius 3 is 1.04 bits per heavy atom. The molecule has 0 unspecified atom stereocenters. The van der Waals surface area contributed by atoms with Crippen molar-refractivity contribution in [2.45, 2.75) is 191 Å². The number of hydrogen-bond donors (Lipinski definition) is 3. The number of fused-ring (bicyclic) bond motifs is 8. The van der Waals surface area contributed by atoms with Crippen molar-refractivity contribution in [3.8, 4) is 0 Å². The number of carbonyl (C=O) groups excluding carboxylic acids is 3. The zero-order valence-corrected chi connectivity index (χ0v) is 89.7. The number of esters is 2. The number of halogens is 7. The van der Waals surface area contributed by atoms with Crippen LogP contribution in [-0.2, 0) is 54.8 Å². The molecule has 25 nitrogen and oxygen atoms in total. The number of ether oxygens (including phenoxy) is 2. The van der Waals surface area contributed by atoms with Crippen molar-refractivity contribution in [3.63, 3.8) is 0 Å². The molecule has 8 aromatic heterocycles. The van der Waals surface area contributed by atoms with E-state index in [9.17, 15) is 48.6 Å². The van der Waals surface area contributed by atoms with E-state index in [4.69, 9.17) is 88.2 Å². The molecule has 0 saturated heterocycles. The summed E-state index contributed by atoms with van der Waals surface area (Å²) >= 11 is 39.3. The SMILES string of the molecule is CC1(C)CC(N)C1.CCOC(=O)Cn1c2nc(Cl)ccc2c(=O)c2ccc(Cl)c(SC)c21.CCOC(=O)Cn1c2nc(NC3CC(C)(C)C3)ccc2c(=O)c2ccc(Cl)c(SC)c21.CI.CSc1c(Cl)ccc2c(=O)c3ccc(N(C)C4CC(C)(C)C4)nc3n(CC(=O)O)c12.CSc1c(Cl)ccc2c(=O)c3ccc(N(C)C4CC(C)(C)C4)nc3n(CC(=O)[O-])c12.Cl.[Na+].[Na+].[OH-]. The van der Waals surface area contributed by atoms with Crippen LogP contribution in [0.25, 0.3) is 87.7 Å². The Hall–Kier alpha value is -5.57. The van der Waals surface area contributed by atoms with Crippen LogP contribution < -0.4 is 107 Å². The summed E-state index contributed by atoms with van der Waals surface area (Å²) < 4.78 is 16.8. The number of aliphatic carboxylic acids is 2. The number of benzene rings is 4. The minimum Gasteiger partial charge on any atom is -0.870 e. The van der Waals surface area contributed by atoms with E-state index in [1.54, 1.807) is 111 Å². The van der Waals surface area contributed by atoms with Crippen LogP contribution in [0.2, 0.25) is 25.2 Å². The number of pyridine rings is 8. The van der Waals surface area contributed by atoms with E-state index in [2.05, 4.69) is 98.1 Å². The van der Waals surface area contributed by atoms with E-state index in [1.807, 2.05) is 62.2 Å². The zero-order chi connectivity index (χ0) is 91.5. The molecule has 4 saturated carbocycles. The van der Waals surface area contributed by atoms with Crippen LogP contribution in [0.4, 0.5) is 17.5 Å². The fourth-order valence-electron chi connectivity index (χ4n) is 17.4. The maximum Gasteiger partial charge on any atom is 1.00 e. The molecule has 5 N–H and O–H groups in total. The molecule has 16 rings (SSSR count). The second-order valence-electron chi connectivity index (χ2n) is 34.5.